The lowest BCUT2D eigenvalue weighted by Gasteiger charge is -2.06. The molecule has 0 radical (unpaired) electrons. The van der Waals surface area contributed by atoms with Crippen molar-refractivity contribution in [1.82, 2.24) is 0 Å². The molecule has 1 aliphatic rings. The number of aryl methyl sites for hydroxylation is 1. The molecule has 0 unspecified atom stereocenters. The average Bonchev–Trinajstić information content (AvgIpc) is 2.61. The van der Waals surface area contributed by atoms with Gasteiger partial charge in [-0.1, -0.05) is 0 Å². The molecule has 12 heavy (non-hydrogen) atoms. The van der Waals surface area contributed by atoms with Crippen molar-refractivity contribution in [3.8, 4) is 0 Å². The van der Waals surface area contributed by atoms with Crippen LogP contribution in [-0.4, -0.2) is 0 Å². The van der Waals surface area contributed by atoms with Gasteiger partial charge >= 0.3 is 0 Å². The van der Waals surface area contributed by atoms with Gasteiger partial charge < -0.3 is 9.47 Å². The van der Waals surface area contributed by atoms with E-state index in [1.54, 1.807) is 23.9 Å². The van der Waals surface area contributed by atoms with E-state index in [4.69, 9.17) is 9.47 Å². The van der Waals surface area contributed by atoms with Crippen LogP contribution in [0.25, 0.3) is 0 Å². The fraction of sp³-hybridized carbons (Fsp3) is 0.250. The molecule has 1 aliphatic heterocycles. The molecule has 0 N–H and O–H groups in total. The van der Waals surface area contributed by atoms with Crippen molar-refractivity contribution in [2.75, 3.05) is 0 Å². The third-order valence-electron chi connectivity index (χ3n) is 1.57. The zero-order chi connectivity index (χ0) is 8.55. The van der Waals surface area contributed by atoms with Crippen molar-refractivity contribution in [2.45, 2.75) is 13.2 Å². The van der Waals surface area contributed by atoms with E-state index in [1.165, 1.54) is 4.88 Å². The van der Waals surface area contributed by atoms with Crippen molar-refractivity contribution in [3.05, 3.63) is 32.8 Å². The summed E-state index contributed by atoms with van der Waals surface area (Å²) < 4.78 is 11.5. The van der Waals surface area contributed by atoms with Crippen molar-refractivity contribution in [1.29, 1.82) is 0 Å². The molecule has 2 heterocycles. The van der Waals surface area contributed by atoms with E-state index in [0.717, 1.165) is 9.35 Å². The van der Waals surface area contributed by atoms with Crippen LogP contribution in [0.5, 0.6) is 0 Å². The van der Waals surface area contributed by atoms with Crippen LogP contribution in [0, 0.1) is 6.92 Å². The van der Waals surface area contributed by atoms with Crippen LogP contribution in [0.4, 0.5) is 0 Å². The molecule has 4 heteroatoms. The van der Waals surface area contributed by atoms with E-state index in [-0.39, 0.29) is 6.29 Å². The number of hydrogen-bond acceptors (Lipinski definition) is 3. The number of ether oxygens (including phenoxy) is 2. The maximum absolute atomic E-state index is 5.19. The molecular formula is C8H7BrO2S. The summed E-state index contributed by atoms with van der Waals surface area (Å²) in [7, 11) is 0. The van der Waals surface area contributed by atoms with Crippen LogP contribution >= 0.6 is 27.3 Å². The highest BCUT2D eigenvalue weighted by atomic mass is 79.9. The molecule has 0 amide bonds. The van der Waals surface area contributed by atoms with Gasteiger partial charge in [0.05, 0.1) is 4.88 Å². The van der Waals surface area contributed by atoms with Crippen LogP contribution in [0.3, 0.4) is 0 Å². The lowest BCUT2D eigenvalue weighted by atomic mass is 10.4. The third-order valence-corrected chi connectivity index (χ3v) is 3.73. The number of halogens is 1. The minimum absolute atomic E-state index is 0.236. The van der Waals surface area contributed by atoms with Gasteiger partial charge in [-0.2, -0.15) is 0 Å². The Kier molecular flexibility index (Phi) is 2.11. The fourth-order valence-corrected chi connectivity index (χ4v) is 2.51. The predicted octanol–water partition coefficient (Wildman–Crippen LogP) is 3.34. The molecule has 2 rings (SSSR count). The number of thiophene rings is 1. The third kappa shape index (κ3) is 1.36. The van der Waals surface area contributed by atoms with Gasteiger partial charge in [0.25, 0.3) is 6.29 Å². The Hall–Kier alpha value is -0.480. The monoisotopic (exact) mass is 246 g/mol. The zero-order valence-electron chi connectivity index (χ0n) is 6.41. The van der Waals surface area contributed by atoms with E-state index in [9.17, 15) is 0 Å². The summed E-state index contributed by atoms with van der Waals surface area (Å²) in [6.45, 7) is 2.06. The van der Waals surface area contributed by atoms with Crippen LogP contribution in [0.2, 0.25) is 0 Å². The quantitative estimate of drug-likeness (QED) is 0.757. The van der Waals surface area contributed by atoms with Crippen molar-refractivity contribution in [2.24, 2.45) is 0 Å². The Labute approximate surface area is 82.9 Å². The summed E-state index contributed by atoms with van der Waals surface area (Å²) in [4.78, 5) is 2.33. The summed E-state index contributed by atoms with van der Waals surface area (Å²) in [6, 6.07) is 2.03. The largest absolute Gasteiger partial charge is 0.454 e. The van der Waals surface area contributed by atoms with Gasteiger partial charge in [-0.05, 0) is 28.9 Å². The average molecular weight is 247 g/mol. The maximum atomic E-state index is 5.19. The summed E-state index contributed by atoms with van der Waals surface area (Å²) in [5.74, 6) is 0. The molecule has 64 valence electrons. The first-order valence-corrected chi connectivity index (χ1v) is 5.10. The van der Waals surface area contributed by atoms with E-state index in [0.29, 0.717) is 0 Å². The Bertz CT molecular complexity index is 291. The van der Waals surface area contributed by atoms with Crippen molar-refractivity contribution < 1.29 is 9.47 Å². The molecule has 0 spiro atoms. The van der Waals surface area contributed by atoms with E-state index >= 15 is 0 Å². The summed E-state index contributed by atoms with van der Waals surface area (Å²) in [5.41, 5.74) is 0. The molecule has 1 aromatic rings. The van der Waals surface area contributed by atoms with Crippen molar-refractivity contribution in [3.63, 3.8) is 0 Å². The van der Waals surface area contributed by atoms with Crippen LogP contribution in [0.15, 0.2) is 23.1 Å². The fourth-order valence-electron chi connectivity index (χ4n) is 0.971. The molecule has 2 nitrogen and oxygen atoms in total. The normalized spacial score (nSPS) is 16.2. The second kappa shape index (κ2) is 3.11. The number of hydrogen-bond donors (Lipinski definition) is 0. The van der Waals surface area contributed by atoms with Gasteiger partial charge in [0.1, 0.15) is 12.5 Å². The second-order valence-electron chi connectivity index (χ2n) is 2.43. The van der Waals surface area contributed by atoms with Crippen LogP contribution in [-0.2, 0) is 9.47 Å². The summed E-state index contributed by atoms with van der Waals surface area (Å²) >= 11 is 5.12. The van der Waals surface area contributed by atoms with Gasteiger partial charge in [-0.25, -0.2) is 0 Å². The first kappa shape index (κ1) is 8.13. The highest BCUT2D eigenvalue weighted by molar-refractivity contribution is 9.10. The lowest BCUT2D eigenvalue weighted by molar-refractivity contribution is -0.0217. The Balaban J connectivity index is 2.23. The van der Waals surface area contributed by atoms with Gasteiger partial charge in [-0.3, -0.25) is 0 Å². The molecule has 0 saturated heterocycles. The van der Waals surface area contributed by atoms with Gasteiger partial charge in [-0.15, -0.1) is 11.3 Å². The van der Waals surface area contributed by atoms with Crippen LogP contribution < -0.4 is 0 Å². The van der Waals surface area contributed by atoms with Crippen LogP contribution in [0.1, 0.15) is 16.0 Å². The molecule has 0 aliphatic carbocycles. The standard InChI is InChI=1S/C8H7BrO2S/c1-5-6(9)4-7(12-5)8-10-2-3-11-8/h2-4,8H,1H3. The minimum Gasteiger partial charge on any atom is -0.454 e. The van der Waals surface area contributed by atoms with Gasteiger partial charge in [0.2, 0.25) is 0 Å². The molecule has 0 fully saturated rings. The Morgan fingerprint density at radius 3 is 2.58 bits per heavy atom. The topological polar surface area (TPSA) is 18.5 Å². The molecular weight excluding hydrogens is 240 g/mol. The van der Waals surface area contributed by atoms with E-state index < -0.39 is 0 Å². The first-order chi connectivity index (χ1) is 5.77. The van der Waals surface area contributed by atoms with Gasteiger partial charge in [0.15, 0.2) is 0 Å². The lowest BCUT2D eigenvalue weighted by Crippen LogP contribution is -1.93. The second-order valence-corrected chi connectivity index (χ2v) is 4.57. The van der Waals surface area contributed by atoms with Gasteiger partial charge in [0, 0.05) is 9.35 Å². The predicted molar refractivity (Wildman–Crippen MR) is 50.8 cm³/mol. The molecule has 1 aromatic heterocycles. The zero-order valence-corrected chi connectivity index (χ0v) is 8.81. The smallest absolute Gasteiger partial charge is 0.275 e. The highest BCUT2D eigenvalue weighted by Gasteiger charge is 2.18. The summed E-state index contributed by atoms with van der Waals surface area (Å²) in [5, 5.41) is 0. The number of rotatable bonds is 1. The Morgan fingerprint density at radius 2 is 2.08 bits per heavy atom. The maximum Gasteiger partial charge on any atom is 0.275 e. The van der Waals surface area contributed by atoms with E-state index in [2.05, 4.69) is 22.9 Å². The summed E-state index contributed by atoms with van der Waals surface area (Å²) in [6.07, 6.45) is 2.89. The van der Waals surface area contributed by atoms with E-state index in [1.807, 2.05) is 6.07 Å². The first-order valence-electron chi connectivity index (χ1n) is 3.49. The Morgan fingerprint density at radius 1 is 1.42 bits per heavy atom. The van der Waals surface area contributed by atoms with Crippen molar-refractivity contribution >= 4 is 27.3 Å². The molecule has 0 aromatic carbocycles. The SMILES string of the molecule is Cc1sc(C2OC=CO2)cc1Br. The highest BCUT2D eigenvalue weighted by Crippen LogP contribution is 2.34. The minimum atomic E-state index is -0.236. The molecule has 0 saturated carbocycles. The molecule has 0 bridgehead atoms. The molecule has 0 atom stereocenters.